The molecule has 214 valence electrons. The van der Waals surface area contributed by atoms with Crippen LogP contribution in [0.15, 0.2) is 83.9 Å². The van der Waals surface area contributed by atoms with Gasteiger partial charge in [-0.1, -0.05) is 34.2 Å². The molecule has 0 saturated heterocycles. The molecule has 10 heteroatoms. The zero-order chi connectivity index (χ0) is 29.9. The summed E-state index contributed by atoms with van der Waals surface area (Å²) in [5, 5.41) is 9.64. The van der Waals surface area contributed by atoms with Gasteiger partial charge in [0.2, 0.25) is 5.91 Å². The van der Waals surface area contributed by atoms with Crippen LogP contribution < -0.4 is 8.79 Å². The highest BCUT2D eigenvalue weighted by atomic mass is 32.2. The van der Waals surface area contributed by atoms with Crippen molar-refractivity contribution in [2.75, 3.05) is 25.1 Å². The fourth-order valence-corrected chi connectivity index (χ4v) is 7.01. The number of anilines is 1. The van der Waals surface area contributed by atoms with Gasteiger partial charge in [-0.05, 0) is 67.6 Å². The van der Waals surface area contributed by atoms with E-state index in [0.29, 0.717) is 42.4 Å². The number of hydrogen-bond acceptors (Lipinski definition) is 7. The second-order valence-electron chi connectivity index (χ2n) is 10.2. The number of carbonyl (C=O) groups excluding carboxylic acids is 2. The van der Waals surface area contributed by atoms with Crippen molar-refractivity contribution in [3.05, 3.63) is 95.7 Å². The van der Waals surface area contributed by atoms with Crippen LogP contribution in [0.5, 0.6) is 0 Å². The highest BCUT2D eigenvalue weighted by Crippen LogP contribution is 2.38. The third-order valence-corrected chi connectivity index (χ3v) is 9.86. The summed E-state index contributed by atoms with van der Waals surface area (Å²) in [5.41, 5.74) is 3.50. The molecular weight excluding hydrogens is 552 g/mol. The van der Waals surface area contributed by atoms with Crippen molar-refractivity contribution in [2.45, 2.75) is 37.5 Å². The molecule has 1 aromatic heterocycles. The monoisotopic (exact) mass is 583 g/mol. The Balaban J connectivity index is 1.50. The first-order valence-corrected chi connectivity index (χ1v) is 15.2. The van der Waals surface area contributed by atoms with E-state index in [1.54, 1.807) is 66.4 Å². The Morgan fingerprint density at radius 2 is 1.83 bits per heavy atom. The van der Waals surface area contributed by atoms with E-state index in [1.807, 2.05) is 12.1 Å². The summed E-state index contributed by atoms with van der Waals surface area (Å²) in [4.78, 5) is 32.7. The summed E-state index contributed by atoms with van der Waals surface area (Å²) in [6.07, 6.45) is 2.72. The lowest BCUT2D eigenvalue weighted by Crippen LogP contribution is -2.55. The molecule has 0 N–H and O–H groups in total. The van der Waals surface area contributed by atoms with Gasteiger partial charge in [0.1, 0.15) is 4.90 Å². The van der Waals surface area contributed by atoms with Crippen LogP contribution in [0.3, 0.4) is 0 Å². The summed E-state index contributed by atoms with van der Waals surface area (Å²) in [6.45, 7) is 2.17. The van der Waals surface area contributed by atoms with Crippen molar-refractivity contribution in [3.8, 4) is 6.07 Å². The zero-order valence-electron chi connectivity index (χ0n) is 23.5. The fourth-order valence-electron chi connectivity index (χ4n) is 5.31. The van der Waals surface area contributed by atoms with Crippen LogP contribution >= 0.6 is 0 Å². The second-order valence-corrected chi connectivity index (χ2v) is 12.3. The van der Waals surface area contributed by atoms with Gasteiger partial charge in [0.25, 0.3) is 0 Å². The van der Waals surface area contributed by atoms with Crippen LogP contribution in [0.1, 0.15) is 36.5 Å². The van der Waals surface area contributed by atoms with E-state index in [0.717, 1.165) is 11.1 Å². The molecular formula is C32H31N4O5S+. The maximum absolute atomic E-state index is 14.3. The highest BCUT2D eigenvalue weighted by molar-refractivity contribution is 7.91. The number of sulfonamides is 1. The number of amides is 2. The minimum atomic E-state index is -4.40. The van der Waals surface area contributed by atoms with Gasteiger partial charge in [0.15, 0.2) is 5.69 Å². The SMILES string of the molecule is CCOC(=O)[N+](C)(c1ccc2c(c1)CCCN2C(=O)CCc1ccc(C#N)cc1)S(=O)(=O)c1cccc2cccnc12. The fraction of sp³-hybridized carbons (Fsp3) is 0.250. The number of fused-ring (bicyclic) bond motifs is 2. The van der Waals surface area contributed by atoms with Crippen molar-refractivity contribution in [1.82, 2.24) is 8.87 Å². The third kappa shape index (κ3) is 5.13. The standard InChI is InChI=1S/C32H31N4O5S/c1-3-41-32(38)36(2,42(39,40)29-10-4-7-25-8-5-19-34-31(25)29)27-16-17-28-26(21-27)9-6-20-35(28)30(37)18-15-23-11-13-24(22-33)14-12-23/h4-5,7-8,10-14,16-17,19,21H,3,6,9,15,18,20H2,1-2H3/q+1. The number of carbonyl (C=O) groups is 2. The number of pyridine rings is 1. The van der Waals surface area contributed by atoms with Gasteiger partial charge < -0.3 is 9.64 Å². The van der Waals surface area contributed by atoms with Crippen molar-refractivity contribution in [1.29, 1.82) is 5.26 Å². The average molecular weight is 584 g/mol. The second kappa shape index (κ2) is 11.7. The Morgan fingerprint density at radius 3 is 2.57 bits per heavy atom. The number of ether oxygens (including phenoxy) is 1. The molecule has 0 fully saturated rings. The van der Waals surface area contributed by atoms with Crippen LogP contribution in [0.25, 0.3) is 10.9 Å². The molecule has 4 aromatic rings. The van der Waals surface area contributed by atoms with Gasteiger partial charge in [-0.3, -0.25) is 9.78 Å². The zero-order valence-corrected chi connectivity index (χ0v) is 24.3. The Labute approximate surface area is 245 Å². The molecule has 1 aliphatic heterocycles. The van der Waals surface area contributed by atoms with Crippen LogP contribution in [0.2, 0.25) is 0 Å². The molecule has 1 unspecified atom stereocenters. The summed E-state index contributed by atoms with van der Waals surface area (Å²) in [7, 11) is -3.08. The van der Waals surface area contributed by atoms with E-state index in [1.165, 1.54) is 19.3 Å². The molecule has 1 aliphatic rings. The van der Waals surface area contributed by atoms with Crippen LogP contribution in [0.4, 0.5) is 16.2 Å². The molecule has 0 radical (unpaired) electrons. The molecule has 9 nitrogen and oxygen atoms in total. The summed E-state index contributed by atoms with van der Waals surface area (Å²) < 4.78 is 32.9. The van der Waals surface area contributed by atoms with E-state index in [2.05, 4.69) is 11.1 Å². The number of quaternary nitrogens is 1. The summed E-state index contributed by atoms with van der Waals surface area (Å²) in [5.74, 6) is -0.0508. The molecule has 2 heterocycles. The summed E-state index contributed by atoms with van der Waals surface area (Å²) >= 11 is 0. The van der Waals surface area contributed by atoms with Gasteiger partial charge >= 0.3 is 16.1 Å². The lowest BCUT2D eigenvalue weighted by Gasteiger charge is -2.32. The Morgan fingerprint density at radius 1 is 1.07 bits per heavy atom. The molecule has 42 heavy (non-hydrogen) atoms. The van der Waals surface area contributed by atoms with E-state index in [9.17, 15) is 18.0 Å². The number of benzene rings is 3. The van der Waals surface area contributed by atoms with E-state index >= 15 is 0 Å². The Kier molecular flexibility index (Phi) is 8.07. The van der Waals surface area contributed by atoms with E-state index < -0.39 is 20.0 Å². The molecule has 1 atom stereocenters. The first-order valence-electron chi connectivity index (χ1n) is 13.8. The molecule has 0 aliphatic carbocycles. The molecule has 0 bridgehead atoms. The third-order valence-electron chi connectivity index (χ3n) is 7.66. The van der Waals surface area contributed by atoms with Gasteiger partial charge in [-0.15, -0.1) is 0 Å². The number of nitriles is 1. The predicted octanol–water partition coefficient (Wildman–Crippen LogP) is 5.50. The molecule has 0 saturated carbocycles. The maximum atomic E-state index is 14.3. The summed E-state index contributed by atoms with van der Waals surface area (Å²) in [6, 6.07) is 22.6. The van der Waals surface area contributed by atoms with Crippen LogP contribution in [0, 0.1) is 11.3 Å². The lowest BCUT2D eigenvalue weighted by molar-refractivity contribution is -0.118. The van der Waals surface area contributed by atoms with E-state index in [-0.39, 0.29) is 35.0 Å². The van der Waals surface area contributed by atoms with Gasteiger partial charge in [0.05, 0.1) is 30.8 Å². The van der Waals surface area contributed by atoms with Gasteiger partial charge in [-0.25, -0.2) is 0 Å². The van der Waals surface area contributed by atoms with Crippen molar-refractivity contribution < 1.29 is 22.7 Å². The van der Waals surface area contributed by atoms with Gasteiger partial charge in [-0.2, -0.15) is 18.5 Å². The normalized spacial score (nSPS) is 14.5. The van der Waals surface area contributed by atoms with Crippen molar-refractivity contribution in [3.63, 3.8) is 0 Å². The smallest absolute Gasteiger partial charge is 0.419 e. The maximum Gasteiger partial charge on any atom is 0.537 e. The average Bonchev–Trinajstić information content (AvgIpc) is 3.02. The lowest BCUT2D eigenvalue weighted by atomic mass is 9.99. The van der Waals surface area contributed by atoms with E-state index in [4.69, 9.17) is 10.00 Å². The van der Waals surface area contributed by atoms with Crippen LogP contribution in [-0.4, -0.2) is 45.6 Å². The molecule has 2 amide bonds. The minimum Gasteiger partial charge on any atom is -0.419 e. The first-order chi connectivity index (χ1) is 20.2. The van der Waals surface area contributed by atoms with Crippen LogP contribution in [-0.2, 0) is 32.4 Å². The minimum absolute atomic E-state index is 0.00242. The number of para-hydroxylation sites is 1. The highest BCUT2D eigenvalue weighted by Gasteiger charge is 2.51. The predicted molar refractivity (Wildman–Crippen MR) is 160 cm³/mol. The number of nitrogens with zero attached hydrogens (tertiary/aromatic N) is 4. The number of aryl methyl sites for hydroxylation is 2. The number of aromatic nitrogens is 1. The molecule has 5 rings (SSSR count). The Bertz CT molecular complexity index is 1810. The molecule has 0 spiro atoms. The largest absolute Gasteiger partial charge is 0.537 e. The topological polar surface area (TPSA) is 117 Å². The number of rotatable bonds is 7. The van der Waals surface area contributed by atoms with Gasteiger partial charge in [0, 0.05) is 42.4 Å². The number of hydrogen-bond donors (Lipinski definition) is 0. The quantitative estimate of drug-likeness (QED) is 0.264. The Hall–Kier alpha value is -4.59. The van der Waals surface area contributed by atoms with Crippen molar-refractivity contribution >= 4 is 44.3 Å². The first kappa shape index (κ1) is 28.9. The molecule has 3 aromatic carbocycles. The van der Waals surface area contributed by atoms with Crippen molar-refractivity contribution in [2.24, 2.45) is 0 Å².